The van der Waals surface area contributed by atoms with Crippen LogP contribution in [0.2, 0.25) is 0 Å². The lowest BCUT2D eigenvalue weighted by Gasteiger charge is -2.33. The molecule has 1 N–H and O–H groups in total. The first kappa shape index (κ1) is 19.9. The molecule has 2 amide bonds. The molecule has 1 aromatic carbocycles. The molecule has 2 fully saturated rings. The zero-order valence-electron chi connectivity index (χ0n) is 16.4. The fourth-order valence-corrected chi connectivity index (χ4v) is 4.88. The molecule has 0 aliphatic carbocycles. The van der Waals surface area contributed by atoms with Gasteiger partial charge in [0.2, 0.25) is 5.91 Å². The number of hydrogen-bond donors (Lipinski definition) is 1. The highest BCUT2D eigenvalue weighted by Gasteiger charge is 2.30. The SMILES string of the molecule is O=C(Nc1cc(F)ccc1N1CCCCC1)C1CCCN(C(=O)c2cccs2)C1. The van der Waals surface area contributed by atoms with Gasteiger partial charge < -0.3 is 15.1 Å². The molecule has 1 unspecified atom stereocenters. The fourth-order valence-electron chi connectivity index (χ4n) is 4.19. The number of carbonyl (C=O) groups excluding carboxylic acids is 2. The van der Waals surface area contributed by atoms with Gasteiger partial charge in [0.25, 0.3) is 5.91 Å². The minimum absolute atomic E-state index is 0.0164. The van der Waals surface area contributed by atoms with E-state index in [9.17, 15) is 14.0 Å². The van der Waals surface area contributed by atoms with Gasteiger partial charge in [0.15, 0.2) is 0 Å². The average Bonchev–Trinajstić information content (AvgIpc) is 3.29. The molecule has 0 spiro atoms. The van der Waals surface area contributed by atoms with E-state index in [2.05, 4.69) is 10.2 Å². The third kappa shape index (κ3) is 4.61. The lowest BCUT2D eigenvalue weighted by atomic mass is 9.96. The Morgan fingerprint density at radius 2 is 1.90 bits per heavy atom. The molecule has 7 heteroatoms. The van der Waals surface area contributed by atoms with E-state index in [1.165, 1.54) is 29.9 Å². The van der Waals surface area contributed by atoms with E-state index in [4.69, 9.17) is 0 Å². The summed E-state index contributed by atoms with van der Waals surface area (Å²) in [7, 11) is 0. The van der Waals surface area contributed by atoms with Crippen LogP contribution in [0.1, 0.15) is 41.8 Å². The summed E-state index contributed by atoms with van der Waals surface area (Å²) < 4.78 is 13.9. The smallest absolute Gasteiger partial charge is 0.263 e. The van der Waals surface area contributed by atoms with Crippen LogP contribution in [0.5, 0.6) is 0 Å². The zero-order chi connectivity index (χ0) is 20.2. The summed E-state index contributed by atoms with van der Waals surface area (Å²) >= 11 is 1.42. The summed E-state index contributed by atoms with van der Waals surface area (Å²) in [5, 5.41) is 4.84. The number of halogens is 1. The van der Waals surface area contributed by atoms with E-state index in [0.29, 0.717) is 23.7 Å². The molecule has 3 heterocycles. The van der Waals surface area contributed by atoms with Crippen LogP contribution >= 0.6 is 11.3 Å². The second-order valence-electron chi connectivity index (χ2n) is 7.77. The molecule has 2 aromatic rings. The zero-order valence-corrected chi connectivity index (χ0v) is 17.2. The van der Waals surface area contributed by atoms with Crippen molar-refractivity contribution in [1.82, 2.24) is 4.90 Å². The van der Waals surface area contributed by atoms with Gasteiger partial charge in [-0.25, -0.2) is 4.39 Å². The highest BCUT2D eigenvalue weighted by molar-refractivity contribution is 7.12. The third-order valence-electron chi connectivity index (χ3n) is 5.72. The number of thiophene rings is 1. The summed E-state index contributed by atoms with van der Waals surface area (Å²) in [6, 6.07) is 8.27. The molecule has 29 heavy (non-hydrogen) atoms. The molecule has 4 rings (SSSR count). The van der Waals surface area contributed by atoms with Gasteiger partial charge in [-0.05, 0) is 61.7 Å². The number of nitrogens with zero attached hydrogens (tertiary/aromatic N) is 2. The summed E-state index contributed by atoms with van der Waals surface area (Å²) in [5.74, 6) is -0.806. The van der Waals surface area contributed by atoms with E-state index >= 15 is 0 Å². The van der Waals surface area contributed by atoms with Gasteiger partial charge in [0.1, 0.15) is 5.82 Å². The van der Waals surface area contributed by atoms with Crippen LogP contribution < -0.4 is 10.2 Å². The van der Waals surface area contributed by atoms with E-state index < -0.39 is 0 Å². The standard InChI is InChI=1S/C22H26FN3O2S/c23-17-8-9-19(25-10-2-1-3-11-25)18(14-17)24-21(27)16-6-4-12-26(15-16)22(28)20-7-5-13-29-20/h5,7-9,13-14,16H,1-4,6,10-12,15H2,(H,24,27). The highest BCUT2D eigenvalue weighted by Crippen LogP contribution is 2.30. The number of anilines is 2. The molecule has 0 saturated carbocycles. The molecular weight excluding hydrogens is 389 g/mol. The van der Waals surface area contributed by atoms with Crippen LogP contribution in [0.25, 0.3) is 0 Å². The Balaban J connectivity index is 1.46. The maximum absolute atomic E-state index is 13.9. The van der Waals surface area contributed by atoms with Gasteiger partial charge in [-0.1, -0.05) is 6.07 Å². The topological polar surface area (TPSA) is 52.7 Å². The van der Waals surface area contributed by atoms with Gasteiger partial charge in [0.05, 0.1) is 22.2 Å². The second kappa shape index (κ2) is 8.95. The van der Waals surface area contributed by atoms with Crippen LogP contribution in [-0.2, 0) is 4.79 Å². The maximum Gasteiger partial charge on any atom is 0.263 e. The molecule has 0 bridgehead atoms. The monoisotopic (exact) mass is 415 g/mol. The van der Waals surface area contributed by atoms with Gasteiger partial charge in [-0.15, -0.1) is 11.3 Å². The number of benzene rings is 1. The van der Waals surface area contributed by atoms with Gasteiger partial charge in [0, 0.05) is 26.2 Å². The summed E-state index contributed by atoms with van der Waals surface area (Å²) in [4.78, 5) is 30.3. The van der Waals surface area contributed by atoms with Crippen molar-refractivity contribution in [2.24, 2.45) is 5.92 Å². The Kier molecular flexibility index (Phi) is 6.13. The minimum atomic E-state index is -0.362. The Morgan fingerprint density at radius 1 is 1.07 bits per heavy atom. The van der Waals surface area contributed by atoms with E-state index in [1.54, 1.807) is 11.0 Å². The van der Waals surface area contributed by atoms with Crippen LogP contribution in [-0.4, -0.2) is 42.9 Å². The first-order chi connectivity index (χ1) is 14.1. The van der Waals surface area contributed by atoms with Crippen molar-refractivity contribution in [3.8, 4) is 0 Å². The number of nitrogens with one attached hydrogen (secondary N) is 1. The van der Waals surface area contributed by atoms with Crippen molar-refractivity contribution >= 4 is 34.5 Å². The molecule has 0 radical (unpaired) electrons. The molecule has 1 aromatic heterocycles. The van der Waals surface area contributed by atoms with Gasteiger partial charge >= 0.3 is 0 Å². The van der Waals surface area contributed by atoms with Crippen LogP contribution in [0, 0.1) is 11.7 Å². The van der Waals surface area contributed by atoms with Gasteiger partial charge in [-0.3, -0.25) is 9.59 Å². The lowest BCUT2D eigenvalue weighted by Crippen LogP contribution is -2.43. The quantitative estimate of drug-likeness (QED) is 0.807. The number of piperidine rings is 2. The van der Waals surface area contributed by atoms with E-state index in [1.807, 2.05) is 17.5 Å². The van der Waals surface area contributed by atoms with Crippen molar-refractivity contribution in [2.75, 3.05) is 36.4 Å². The largest absolute Gasteiger partial charge is 0.370 e. The maximum atomic E-state index is 13.9. The lowest BCUT2D eigenvalue weighted by molar-refractivity contribution is -0.121. The average molecular weight is 416 g/mol. The Labute approximate surface area is 174 Å². The van der Waals surface area contributed by atoms with Crippen LogP contribution in [0.15, 0.2) is 35.7 Å². The summed E-state index contributed by atoms with van der Waals surface area (Å²) in [6.45, 7) is 2.90. The number of likely N-dealkylation sites (tertiary alicyclic amines) is 1. The molecule has 2 saturated heterocycles. The summed E-state index contributed by atoms with van der Waals surface area (Å²) in [5.41, 5.74) is 1.40. The van der Waals surface area contributed by atoms with Gasteiger partial charge in [-0.2, -0.15) is 0 Å². The first-order valence-electron chi connectivity index (χ1n) is 10.3. The van der Waals surface area contributed by atoms with Crippen molar-refractivity contribution in [2.45, 2.75) is 32.1 Å². The third-order valence-corrected chi connectivity index (χ3v) is 6.58. The molecule has 2 aliphatic rings. The number of rotatable bonds is 4. The van der Waals surface area contributed by atoms with Crippen molar-refractivity contribution < 1.29 is 14.0 Å². The molecule has 1 atom stereocenters. The normalized spacial score (nSPS) is 19.8. The Bertz CT molecular complexity index is 865. The summed E-state index contributed by atoms with van der Waals surface area (Å²) in [6.07, 6.45) is 4.93. The molecular formula is C22H26FN3O2S. The van der Waals surface area contributed by atoms with Crippen LogP contribution in [0.3, 0.4) is 0 Å². The minimum Gasteiger partial charge on any atom is -0.370 e. The predicted molar refractivity (Wildman–Crippen MR) is 114 cm³/mol. The molecule has 2 aliphatic heterocycles. The molecule has 154 valence electrons. The predicted octanol–water partition coefficient (Wildman–Crippen LogP) is 4.37. The number of amides is 2. The molecule has 5 nitrogen and oxygen atoms in total. The highest BCUT2D eigenvalue weighted by atomic mass is 32.1. The van der Waals surface area contributed by atoms with Crippen molar-refractivity contribution in [1.29, 1.82) is 0 Å². The number of carbonyl (C=O) groups is 2. The van der Waals surface area contributed by atoms with E-state index in [-0.39, 0.29) is 23.5 Å². The Hall–Kier alpha value is -2.41. The van der Waals surface area contributed by atoms with E-state index in [0.717, 1.165) is 44.5 Å². The first-order valence-corrected chi connectivity index (χ1v) is 11.2. The van der Waals surface area contributed by atoms with Crippen molar-refractivity contribution in [3.05, 3.63) is 46.4 Å². The second-order valence-corrected chi connectivity index (χ2v) is 8.71. The van der Waals surface area contributed by atoms with Crippen LogP contribution in [0.4, 0.5) is 15.8 Å². The fraction of sp³-hybridized carbons (Fsp3) is 0.455. The number of hydrogen-bond acceptors (Lipinski definition) is 4. The van der Waals surface area contributed by atoms with Crippen molar-refractivity contribution in [3.63, 3.8) is 0 Å². The Morgan fingerprint density at radius 3 is 2.66 bits per heavy atom.